The van der Waals surface area contributed by atoms with E-state index in [1.54, 1.807) is 0 Å². The maximum absolute atomic E-state index is 10.3. The van der Waals surface area contributed by atoms with Crippen LogP contribution >= 0.6 is 0 Å². The maximum atomic E-state index is 10.3. The third-order valence-corrected chi connectivity index (χ3v) is 1.29. The van der Waals surface area contributed by atoms with E-state index in [0.29, 0.717) is 0 Å². The minimum absolute atomic E-state index is 0. The standard InChI is InChI=1S/C6H8O7.C2H5NO.Bi.3H/c7-3(8)1-6(13,5(11)12)2-4(9)10;1-2(3)4;;;;/h13H,1-2H2,(H,7,8)(H,9,10)(H,11,12);1H3,(H2,3,4);;;;. The van der Waals surface area contributed by atoms with E-state index in [-0.39, 0.29) is 32.1 Å². The number of hydrogen-bond acceptors (Lipinski definition) is 5. The van der Waals surface area contributed by atoms with Gasteiger partial charge in [0.25, 0.3) is 0 Å². The number of aliphatic hydroxyl groups is 1. The van der Waals surface area contributed by atoms with Crippen molar-refractivity contribution >= 4 is 50.0 Å². The number of amides is 1. The van der Waals surface area contributed by atoms with Crippen LogP contribution in [0.2, 0.25) is 0 Å². The Morgan fingerprint density at radius 2 is 1.22 bits per heavy atom. The Bertz CT molecular complexity index is 309. The monoisotopic (exact) mass is 463 g/mol. The van der Waals surface area contributed by atoms with Crippen molar-refractivity contribution in [1.29, 1.82) is 0 Å². The van der Waals surface area contributed by atoms with E-state index < -0.39 is 36.4 Å². The second kappa shape index (κ2) is 9.72. The third kappa shape index (κ3) is 12.8. The van der Waals surface area contributed by atoms with Crippen LogP contribution in [-0.4, -0.2) is 76.0 Å². The molecule has 0 saturated heterocycles. The van der Waals surface area contributed by atoms with Crippen LogP contribution in [0.3, 0.4) is 0 Å². The first-order chi connectivity index (χ1) is 7.51. The van der Waals surface area contributed by atoms with Crippen LogP contribution in [0.4, 0.5) is 0 Å². The van der Waals surface area contributed by atoms with E-state index in [9.17, 15) is 19.2 Å². The van der Waals surface area contributed by atoms with Crippen LogP contribution in [0.25, 0.3) is 0 Å². The average molecular weight is 463 g/mol. The average Bonchev–Trinajstić information content (AvgIpc) is 1.98. The molecule has 0 aromatic heterocycles. The van der Waals surface area contributed by atoms with Gasteiger partial charge in [0.2, 0.25) is 5.91 Å². The van der Waals surface area contributed by atoms with E-state index in [1.165, 1.54) is 6.92 Å². The van der Waals surface area contributed by atoms with E-state index in [1.807, 2.05) is 0 Å². The molecule has 0 unspecified atom stereocenters. The van der Waals surface area contributed by atoms with Gasteiger partial charge >= 0.3 is 44.1 Å². The fourth-order valence-corrected chi connectivity index (χ4v) is 0.714. The molecule has 0 fully saturated rings. The summed E-state index contributed by atoms with van der Waals surface area (Å²) in [7, 11) is 0. The van der Waals surface area contributed by atoms with Gasteiger partial charge in [-0.2, -0.15) is 0 Å². The predicted molar refractivity (Wildman–Crippen MR) is 61.9 cm³/mol. The Hall–Kier alpha value is -1.28. The van der Waals surface area contributed by atoms with Crippen LogP contribution in [0.5, 0.6) is 0 Å². The number of rotatable bonds is 5. The summed E-state index contributed by atoms with van der Waals surface area (Å²) in [5.41, 5.74) is 1.73. The summed E-state index contributed by atoms with van der Waals surface area (Å²) in [5.74, 6) is -5.35. The van der Waals surface area contributed by atoms with Crippen LogP contribution in [-0.2, 0) is 19.2 Å². The zero-order valence-electron chi connectivity index (χ0n) is 9.62. The molecule has 6 N–H and O–H groups in total. The Morgan fingerprint density at radius 3 is 1.33 bits per heavy atom. The van der Waals surface area contributed by atoms with Crippen molar-refractivity contribution in [2.75, 3.05) is 0 Å². The van der Waals surface area contributed by atoms with Crippen LogP contribution in [0, 0.1) is 0 Å². The number of primary amides is 1. The Morgan fingerprint density at radius 1 is 1.00 bits per heavy atom. The van der Waals surface area contributed by atoms with Gasteiger partial charge in [0.15, 0.2) is 5.60 Å². The quantitative estimate of drug-likeness (QED) is 0.269. The first kappa shape index (κ1) is 22.0. The summed E-state index contributed by atoms with van der Waals surface area (Å²) >= 11 is 0. The molecule has 0 aliphatic heterocycles. The second-order valence-electron chi connectivity index (χ2n) is 3.09. The van der Waals surface area contributed by atoms with Gasteiger partial charge in [0.05, 0.1) is 12.8 Å². The molecule has 18 heavy (non-hydrogen) atoms. The van der Waals surface area contributed by atoms with Gasteiger partial charge in [-0.05, 0) is 0 Å². The molecule has 0 heterocycles. The molecule has 0 atom stereocenters. The van der Waals surface area contributed by atoms with Gasteiger partial charge < -0.3 is 26.2 Å². The van der Waals surface area contributed by atoms with Crippen molar-refractivity contribution in [3.8, 4) is 0 Å². The van der Waals surface area contributed by atoms with Crippen molar-refractivity contribution < 1.29 is 39.6 Å². The molecule has 0 spiro atoms. The first-order valence-corrected chi connectivity index (χ1v) is 4.16. The summed E-state index contributed by atoms with van der Waals surface area (Å²) in [5, 5.41) is 33.8. The molecule has 9 nitrogen and oxygen atoms in total. The number of carboxylic acids is 3. The summed E-state index contributed by atoms with van der Waals surface area (Å²) in [6, 6.07) is 0. The Labute approximate surface area is 121 Å². The molecule has 0 aromatic carbocycles. The summed E-state index contributed by atoms with van der Waals surface area (Å²) in [6.45, 7) is 1.31. The first-order valence-electron chi connectivity index (χ1n) is 4.16. The normalized spacial score (nSPS) is 9.22. The molecule has 0 aromatic rings. The van der Waals surface area contributed by atoms with Crippen molar-refractivity contribution in [1.82, 2.24) is 0 Å². The minimum atomic E-state index is -2.74. The molecular formula is C8H16BiNO8. The molecule has 0 aliphatic carbocycles. The van der Waals surface area contributed by atoms with Crippen molar-refractivity contribution in [2.45, 2.75) is 25.4 Å². The molecule has 0 bridgehead atoms. The number of hydrogen-bond donors (Lipinski definition) is 5. The van der Waals surface area contributed by atoms with Gasteiger partial charge in [-0.15, -0.1) is 0 Å². The van der Waals surface area contributed by atoms with Crippen LogP contribution < -0.4 is 5.73 Å². The number of carboxylic acid groups (broad SMARTS) is 3. The molecular weight excluding hydrogens is 447 g/mol. The van der Waals surface area contributed by atoms with Crippen LogP contribution in [0.1, 0.15) is 19.8 Å². The van der Waals surface area contributed by atoms with E-state index >= 15 is 0 Å². The number of carbonyl (C=O) groups is 4. The third-order valence-electron chi connectivity index (χ3n) is 1.29. The molecule has 10 heteroatoms. The van der Waals surface area contributed by atoms with Crippen molar-refractivity contribution in [3.63, 3.8) is 0 Å². The molecule has 0 aliphatic rings. The van der Waals surface area contributed by atoms with Gasteiger partial charge in [-0.3, -0.25) is 14.4 Å². The fraction of sp³-hybridized carbons (Fsp3) is 0.500. The van der Waals surface area contributed by atoms with E-state index in [0.717, 1.165) is 0 Å². The molecule has 0 saturated carbocycles. The summed E-state index contributed by atoms with van der Waals surface area (Å²) in [6.07, 6.45) is -2.29. The second-order valence-corrected chi connectivity index (χ2v) is 3.09. The summed E-state index contributed by atoms with van der Waals surface area (Å²) < 4.78 is 0. The number of nitrogens with two attached hydrogens (primary N) is 1. The van der Waals surface area contributed by atoms with Gasteiger partial charge in [-0.25, -0.2) is 4.79 Å². The van der Waals surface area contributed by atoms with E-state index in [2.05, 4.69) is 5.73 Å². The zero-order valence-corrected chi connectivity index (χ0v) is 15.1. The Kier molecular flexibility index (Phi) is 11.9. The fourth-order valence-electron chi connectivity index (χ4n) is 0.714. The van der Waals surface area contributed by atoms with Gasteiger partial charge in [0.1, 0.15) is 0 Å². The molecule has 0 radical (unpaired) electrons. The topological polar surface area (TPSA) is 175 Å². The summed E-state index contributed by atoms with van der Waals surface area (Å²) in [4.78, 5) is 39.7. The SMILES string of the molecule is CC(N)=O.O=C(O)CC(O)(CC(=O)O)C(=O)O.[BiH3]. The van der Waals surface area contributed by atoms with Gasteiger partial charge in [0, 0.05) is 6.92 Å². The van der Waals surface area contributed by atoms with Crippen LogP contribution in [0.15, 0.2) is 0 Å². The number of aliphatic carboxylic acids is 3. The molecule has 106 valence electrons. The Balaban J connectivity index is -0.000000392. The number of carbonyl (C=O) groups excluding carboxylic acids is 1. The zero-order chi connectivity index (χ0) is 14.2. The van der Waals surface area contributed by atoms with Crippen molar-refractivity contribution in [2.24, 2.45) is 5.73 Å². The predicted octanol–water partition coefficient (Wildman–Crippen LogP) is -2.94. The van der Waals surface area contributed by atoms with E-state index in [4.69, 9.17) is 20.4 Å². The van der Waals surface area contributed by atoms with Crippen molar-refractivity contribution in [3.05, 3.63) is 0 Å². The molecule has 1 amide bonds. The van der Waals surface area contributed by atoms with Gasteiger partial charge in [-0.1, -0.05) is 0 Å². The molecule has 0 rings (SSSR count).